The minimum atomic E-state index is -4.52. The molecule has 162 valence electrons. The lowest BCUT2D eigenvalue weighted by Gasteiger charge is -2.24. The molecule has 0 saturated heterocycles. The molecule has 1 N–H and O–H groups in total. The Bertz CT molecular complexity index is 1160. The number of carbonyl (C=O) groups is 1. The average Bonchev–Trinajstić information content (AvgIpc) is 2.74. The van der Waals surface area contributed by atoms with Crippen molar-refractivity contribution in [3.63, 3.8) is 0 Å². The quantitative estimate of drug-likeness (QED) is 0.566. The summed E-state index contributed by atoms with van der Waals surface area (Å²) >= 11 is 0. The van der Waals surface area contributed by atoms with Crippen LogP contribution in [-0.2, 0) is 16.2 Å². The lowest BCUT2D eigenvalue weighted by molar-refractivity contribution is -0.137. The molecule has 0 radical (unpaired) electrons. The molecule has 0 aromatic heterocycles. The van der Waals surface area contributed by atoms with Gasteiger partial charge in [-0.3, -0.25) is 9.10 Å². The molecule has 0 fully saturated rings. The van der Waals surface area contributed by atoms with Gasteiger partial charge in [0.05, 0.1) is 16.9 Å². The van der Waals surface area contributed by atoms with Crippen LogP contribution in [0.4, 0.5) is 24.5 Å². The number of halogens is 3. The highest BCUT2D eigenvalue weighted by Crippen LogP contribution is 2.30. The van der Waals surface area contributed by atoms with Crippen LogP contribution >= 0.6 is 0 Å². The van der Waals surface area contributed by atoms with Crippen molar-refractivity contribution in [1.82, 2.24) is 0 Å². The van der Waals surface area contributed by atoms with E-state index in [1.165, 1.54) is 22.5 Å². The number of amides is 1. The smallest absolute Gasteiger partial charge is 0.321 e. The minimum absolute atomic E-state index is 0.0294. The lowest BCUT2D eigenvalue weighted by Crippen LogP contribution is -2.31. The third-order valence-electron chi connectivity index (χ3n) is 4.51. The summed E-state index contributed by atoms with van der Waals surface area (Å²) in [7, 11) is -4.02. The average molecular weight is 448 g/mol. The van der Waals surface area contributed by atoms with Crippen LogP contribution in [-0.4, -0.2) is 20.9 Å². The maximum Gasteiger partial charge on any atom is 0.416 e. The summed E-state index contributed by atoms with van der Waals surface area (Å²) in [5, 5.41) is 2.50. The zero-order chi connectivity index (χ0) is 22.6. The van der Waals surface area contributed by atoms with E-state index < -0.39 is 27.7 Å². The van der Waals surface area contributed by atoms with Crippen molar-refractivity contribution in [3.05, 3.63) is 90.0 Å². The van der Waals surface area contributed by atoms with Crippen molar-refractivity contribution in [2.45, 2.75) is 18.0 Å². The Morgan fingerprint density at radius 2 is 1.48 bits per heavy atom. The van der Waals surface area contributed by atoms with Crippen LogP contribution in [0.3, 0.4) is 0 Å². The maximum absolute atomic E-state index is 13.3. The highest BCUT2D eigenvalue weighted by molar-refractivity contribution is 7.93. The summed E-state index contributed by atoms with van der Waals surface area (Å²) in [5.41, 5.74) is -0.417. The number of carbonyl (C=O) groups excluding carboxylic acids is 1. The van der Waals surface area contributed by atoms with E-state index in [2.05, 4.69) is 5.32 Å². The second-order valence-electron chi connectivity index (χ2n) is 6.53. The first-order valence-electron chi connectivity index (χ1n) is 9.30. The number of rotatable bonds is 6. The van der Waals surface area contributed by atoms with Crippen molar-refractivity contribution in [3.8, 4) is 0 Å². The minimum Gasteiger partial charge on any atom is -0.321 e. The van der Waals surface area contributed by atoms with E-state index in [1.807, 2.05) is 0 Å². The standard InChI is InChI=1S/C22H19F3N2O3S/c1-2-27(18-8-4-3-5-9-18)31(29,30)20-11-7-6-10-19(20)26-21(28)16-12-14-17(15-13-16)22(23,24)25/h3-15H,2H2,1H3,(H,26,28). The highest BCUT2D eigenvalue weighted by atomic mass is 32.2. The molecule has 0 heterocycles. The number of nitrogens with one attached hydrogen (secondary N) is 1. The van der Waals surface area contributed by atoms with Crippen LogP contribution in [0.1, 0.15) is 22.8 Å². The van der Waals surface area contributed by atoms with Crippen LogP contribution in [0.25, 0.3) is 0 Å². The van der Waals surface area contributed by atoms with Gasteiger partial charge in [0.1, 0.15) is 4.90 Å². The zero-order valence-corrected chi connectivity index (χ0v) is 17.2. The van der Waals surface area contributed by atoms with Gasteiger partial charge < -0.3 is 5.32 Å². The first-order chi connectivity index (χ1) is 14.6. The van der Waals surface area contributed by atoms with E-state index in [-0.39, 0.29) is 22.7 Å². The number of hydrogen-bond donors (Lipinski definition) is 1. The molecule has 0 aliphatic heterocycles. The van der Waals surface area contributed by atoms with Crippen LogP contribution in [0.15, 0.2) is 83.8 Å². The number of benzene rings is 3. The second kappa shape index (κ2) is 8.81. The third kappa shape index (κ3) is 4.88. The van der Waals surface area contributed by atoms with Gasteiger partial charge >= 0.3 is 6.18 Å². The van der Waals surface area contributed by atoms with Gasteiger partial charge in [-0.2, -0.15) is 13.2 Å². The molecule has 0 aliphatic carbocycles. The van der Waals surface area contributed by atoms with Gasteiger partial charge in [0.2, 0.25) is 0 Å². The zero-order valence-electron chi connectivity index (χ0n) is 16.4. The predicted octanol–water partition coefficient (Wildman–Crippen LogP) is 5.17. The van der Waals surface area contributed by atoms with Crippen molar-refractivity contribution >= 4 is 27.3 Å². The topological polar surface area (TPSA) is 66.5 Å². The fourth-order valence-corrected chi connectivity index (χ4v) is 4.63. The van der Waals surface area contributed by atoms with E-state index in [0.717, 1.165) is 24.3 Å². The van der Waals surface area contributed by atoms with E-state index in [9.17, 15) is 26.4 Å². The van der Waals surface area contributed by atoms with Crippen LogP contribution in [0.5, 0.6) is 0 Å². The van der Waals surface area contributed by atoms with Gasteiger partial charge in [0, 0.05) is 12.1 Å². The summed E-state index contributed by atoms with van der Waals surface area (Å²) in [6.45, 7) is 1.85. The number of sulfonamides is 1. The number of alkyl halides is 3. The van der Waals surface area contributed by atoms with Crippen LogP contribution in [0, 0.1) is 0 Å². The molecule has 0 unspecified atom stereocenters. The van der Waals surface area contributed by atoms with Gasteiger partial charge in [0.25, 0.3) is 15.9 Å². The molecule has 1 amide bonds. The van der Waals surface area contributed by atoms with Crippen molar-refractivity contribution in [1.29, 1.82) is 0 Å². The summed E-state index contributed by atoms with van der Waals surface area (Å²) < 4.78 is 66.0. The Hall–Kier alpha value is -3.33. The van der Waals surface area contributed by atoms with Gasteiger partial charge in [-0.05, 0) is 55.5 Å². The molecule has 5 nitrogen and oxygen atoms in total. The second-order valence-corrected chi connectivity index (χ2v) is 8.36. The Balaban J connectivity index is 1.92. The largest absolute Gasteiger partial charge is 0.416 e. The molecular weight excluding hydrogens is 429 g/mol. The Morgan fingerprint density at radius 1 is 0.903 bits per heavy atom. The molecule has 0 atom stereocenters. The van der Waals surface area contributed by atoms with E-state index in [4.69, 9.17) is 0 Å². The highest BCUT2D eigenvalue weighted by Gasteiger charge is 2.30. The third-order valence-corrected chi connectivity index (χ3v) is 6.47. The van der Waals surface area contributed by atoms with Crippen molar-refractivity contribution in [2.24, 2.45) is 0 Å². The molecule has 0 spiro atoms. The predicted molar refractivity (Wildman–Crippen MR) is 112 cm³/mol. The summed E-state index contributed by atoms with van der Waals surface area (Å²) in [6.07, 6.45) is -4.52. The summed E-state index contributed by atoms with van der Waals surface area (Å²) in [5.74, 6) is -0.723. The molecule has 31 heavy (non-hydrogen) atoms. The molecule has 0 saturated carbocycles. The van der Waals surface area contributed by atoms with E-state index in [1.54, 1.807) is 43.3 Å². The number of para-hydroxylation sites is 2. The Kier molecular flexibility index (Phi) is 6.35. The normalized spacial score (nSPS) is 11.7. The molecule has 0 bridgehead atoms. The molecular formula is C22H19F3N2O3S. The first kappa shape index (κ1) is 22.4. The number of nitrogens with zero attached hydrogens (tertiary/aromatic N) is 1. The number of anilines is 2. The molecule has 3 aromatic rings. The molecule has 9 heteroatoms. The van der Waals surface area contributed by atoms with Gasteiger partial charge in [-0.1, -0.05) is 30.3 Å². The van der Waals surface area contributed by atoms with Gasteiger partial charge in [0.15, 0.2) is 0 Å². The Labute approximate surface area is 178 Å². The van der Waals surface area contributed by atoms with E-state index >= 15 is 0 Å². The van der Waals surface area contributed by atoms with Gasteiger partial charge in [-0.25, -0.2) is 8.42 Å². The van der Waals surface area contributed by atoms with Crippen LogP contribution < -0.4 is 9.62 Å². The maximum atomic E-state index is 13.3. The molecule has 3 aromatic carbocycles. The van der Waals surface area contributed by atoms with Gasteiger partial charge in [-0.15, -0.1) is 0 Å². The summed E-state index contributed by atoms with van der Waals surface area (Å²) in [4.78, 5) is 12.4. The molecule has 3 rings (SSSR count). The van der Waals surface area contributed by atoms with Crippen molar-refractivity contribution < 1.29 is 26.4 Å². The number of hydrogen-bond acceptors (Lipinski definition) is 3. The monoisotopic (exact) mass is 448 g/mol. The molecule has 0 aliphatic rings. The van der Waals surface area contributed by atoms with E-state index in [0.29, 0.717) is 5.69 Å². The fraction of sp³-hybridized carbons (Fsp3) is 0.136. The Morgan fingerprint density at radius 3 is 2.06 bits per heavy atom. The van der Waals surface area contributed by atoms with Crippen LogP contribution in [0.2, 0.25) is 0 Å². The first-order valence-corrected chi connectivity index (χ1v) is 10.7. The fourth-order valence-electron chi connectivity index (χ4n) is 3.00. The SMILES string of the molecule is CCN(c1ccccc1)S(=O)(=O)c1ccccc1NC(=O)c1ccc(C(F)(F)F)cc1. The lowest BCUT2D eigenvalue weighted by atomic mass is 10.1. The summed E-state index contributed by atoms with van der Waals surface area (Å²) in [6, 6.07) is 18.1. The van der Waals surface area contributed by atoms with Crippen molar-refractivity contribution in [2.75, 3.05) is 16.2 Å².